The molecule has 0 aromatic carbocycles. The van der Waals surface area contributed by atoms with Crippen LogP contribution in [0.15, 0.2) is 0 Å². The minimum atomic E-state index is 0.556. The Kier molecular flexibility index (Phi) is 7.73. The predicted molar refractivity (Wildman–Crippen MR) is 132 cm³/mol. The van der Waals surface area contributed by atoms with Crippen LogP contribution in [0.25, 0.3) is 0 Å². The third kappa shape index (κ3) is 5.03. The van der Waals surface area contributed by atoms with Crippen LogP contribution in [0.3, 0.4) is 0 Å². The molecule has 4 nitrogen and oxygen atoms in total. The van der Waals surface area contributed by atoms with Crippen LogP contribution in [0.4, 0.5) is 0 Å². The standard InChI is InChI=1S/C27H52N4/c1-26(2)21-7-5-19(15-21)24(26)17-23(31-14-13-30-12-11-29-10-9-28)18-25-20-6-8-22(16-20)27(25,3)4/h19-25,29-31H,5-18,28H2,1-4H3. The Morgan fingerprint density at radius 1 is 0.710 bits per heavy atom. The number of nitrogens with one attached hydrogen (secondary N) is 3. The van der Waals surface area contributed by atoms with Gasteiger partial charge in [0.2, 0.25) is 0 Å². The molecule has 4 aliphatic rings. The van der Waals surface area contributed by atoms with E-state index in [0.717, 1.165) is 74.8 Å². The Morgan fingerprint density at radius 2 is 1.19 bits per heavy atom. The highest BCUT2D eigenvalue weighted by Crippen LogP contribution is 2.63. The van der Waals surface area contributed by atoms with Crippen molar-refractivity contribution in [2.75, 3.05) is 39.3 Å². The molecule has 180 valence electrons. The third-order valence-electron chi connectivity index (χ3n) is 10.7. The molecule has 4 aliphatic carbocycles. The van der Waals surface area contributed by atoms with Gasteiger partial charge in [0, 0.05) is 45.3 Å². The van der Waals surface area contributed by atoms with E-state index in [4.69, 9.17) is 5.73 Å². The summed E-state index contributed by atoms with van der Waals surface area (Å²) in [5.41, 5.74) is 6.66. The Bertz CT molecular complexity index is 534. The number of hydrogen-bond donors (Lipinski definition) is 4. The molecule has 4 fully saturated rings. The molecule has 0 aromatic heterocycles. The monoisotopic (exact) mass is 432 g/mol. The predicted octanol–water partition coefficient (Wildman–Crippen LogP) is 4.01. The summed E-state index contributed by atoms with van der Waals surface area (Å²) in [6, 6.07) is 0.699. The maximum atomic E-state index is 5.55. The van der Waals surface area contributed by atoms with Crippen LogP contribution >= 0.6 is 0 Å². The minimum absolute atomic E-state index is 0.556. The first-order valence-corrected chi connectivity index (χ1v) is 13.7. The summed E-state index contributed by atoms with van der Waals surface area (Å²) < 4.78 is 0. The maximum Gasteiger partial charge on any atom is 0.00793 e. The summed E-state index contributed by atoms with van der Waals surface area (Å²) in [5, 5.41) is 11.0. The van der Waals surface area contributed by atoms with Crippen molar-refractivity contribution in [3.63, 3.8) is 0 Å². The normalized spacial score (nSPS) is 38.2. The second-order valence-corrected chi connectivity index (χ2v) is 12.8. The number of fused-ring (bicyclic) bond motifs is 4. The lowest BCUT2D eigenvalue weighted by Gasteiger charge is -2.43. The highest BCUT2D eigenvalue weighted by molar-refractivity contribution is 5.05. The molecule has 0 aliphatic heterocycles. The minimum Gasteiger partial charge on any atom is -0.329 e. The number of hydrogen-bond acceptors (Lipinski definition) is 4. The van der Waals surface area contributed by atoms with Gasteiger partial charge < -0.3 is 21.7 Å². The molecule has 4 bridgehead atoms. The van der Waals surface area contributed by atoms with Gasteiger partial charge in [0.25, 0.3) is 0 Å². The van der Waals surface area contributed by atoms with Crippen molar-refractivity contribution in [3.05, 3.63) is 0 Å². The van der Waals surface area contributed by atoms with Crippen molar-refractivity contribution in [2.24, 2.45) is 52.1 Å². The second kappa shape index (κ2) is 9.99. The summed E-state index contributed by atoms with van der Waals surface area (Å²) in [7, 11) is 0. The molecule has 0 amide bonds. The van der Waals surface area contributed by atoms with Crippen molar-refractivity contribution in [1.29, 1.82) is 0 Å². The van der Waals surface area contributed by atoms with Crippen molar-refractivity contribution < 1.29 is 0 Å². The molecule has 0 aromatic rings. The van der Waals surface area contributed by atoms with E-state index in [1.807, 2.05) is 0 Å². The SMILES string of the molecule is CC1(C)C2CCC(C2)C1CC(CC1C2CCC(C2)C1(C)C)NCCNCCNCCN. The Morgan fingerprint density at radius 3 is 1.65 bits per heavy atom. The molecule has 31 heavy (non-hydrogen) atoms. The fourth-order valence-electron chi connectivity index (χ4n) is 8.70. The van der Waals surface area contributed by atoms with E-state index in [-0.39, 0.29) is 0 Å². The molecule has 4 heteroatoms. The lowest BCUT2D eigenvalue weighted by atomic mass is 9.63. The Hall–Kier alpha value is -0.160. The maximum absolute atomic E-state index is 5.55. The van der Waals surface area contributed by atoms with Crippen LogP contribution in [0.5, 0.6) is 0 Å². The van der Waals surface area contributed by atoms with Crippen LogP contribution in [0.1, 0.15) is 79.1 Å². The van der Waals surface area contributed by atoms with Gasteiger partial charge in [0.05, 0.1) is 0 Å². The van der Waals surface area contributed by atoms with E-state index < -0.39 is 0 Å². The van der Waals surface area contributed by atoms with Crippen molar-refractivity contribution in [3.8, 4) is 0 Å². The van der Waals surface area contributed by atoms with Crippen LogP contribution in [-0.4, -0.2) is 45.3 Å². The molecule has 0 radical (unpaired) electrons. The zero-order chi connectivity index (χ0) is 22.1. The Balaban J connectivity index is 1.32. The number of rotatable bonds is 13. The summed E-state index contributed by atoms with van der Waals surface area (Å²) in [4.78, 5) is 0. The molecule has 0 spiro atoms. The third-order valence-corrected chi connectivity index (χ3v) is 10.7. The first-order valence-electron chi connectivity index (χ1n) is 13.7. The summed E-state index contributed by atoms with van der Waals surface area (Å²) in [5.74, 6) is 5.85. The molecular weight excluding hydrogens is 380 g/mol. The lowest BCUT2D eigenvalue weighted by Crippen LogP contribution is -2.44. The van der Waals surface area contributed by atoms with E-state index in [9.17, 15) is 0 Å². The zero-order valence-corrected chi connectivity index (χ0v) is 21.0. The first kappa shape index (κ1) is 24.0. The van der Waals surface area contributed by atoms with Crippen molar-refractivity contribution in [1.82, 2.24) is 16.0 Å². The van der Waals surface area contributed by atoms with Crippen molar-refractivity contribution >= 4 is 0 Å². The highest BCUT2D eigenvalue weighted by Gasteiger charge is 2.55. The topological polar surface area (TPSA) is 62.1 Å². The first-order chi connectivity index (χ1) is 14.8. The van der Waals surface area contributed by atoms with E-state index in [2.05, 4.69) is 43.6 Å². The van der Waals surface area contributed by atoms with Gasteiger partial charge in [0.15, 0.2) is 0 Å². The van der Waals surface area contributed by atoms with Crippen LogP contribution in [0.2, 0.25) is 0 Å². The molecule has 4 rings (SSSR count). The molecule has 6 atom stereocenters. The zero-order valence-electron chi connectivity index (χ0n) is 21.0. The Labute approximate surface area is 192 Å². The van der Waals surface area contributed by atoms with Crippen LogP contribution in [0, 0.1) is 46.3 Å². The second-order valence-electron chi connectivity index (χ2n) is 12.8. The van der Waals surface area contributed by atoms with E-state index in [0.29, 0.717) is 16.9 Å². The largest absolute Gasteiger partial charge is 0.329 e. The average Bonchev–Trinajstić information content (AvgIpc) is 3.47. The molecule has 6 unspecified atom stereocenters. The lowest BCUT2D eigenvalue weighted by molar-refractivity contribution is 0.0744. The molecule has 5 N–H and O–H groups in total. The van der Waals surface area contributed by atoms with E-state index in [1.165, 1.54) is 51.4 Å². The molecule has 4 saturated carbocycles. The van der Waals surface area contributed by atoms with Gasteiger partial charge in [-0.05, 0) is 97.7 Å². The molecular formula is C27H52N4. The van der Waals surface area contributed by atoms with E-state index >= 15 is 0 Å². The van der Waals surface area contributed by atoms with Gasteiger partial charge in [-0.15, -0.1) is 0 Å². The molecule has 0 heterocycles. The van der Waals surface area contributed by atoms with Gasteiger partial charge in [-0.2, -0.15) is 0 Å². The van der Waals surface area contributed by atoms with Gasteiger partial charge >= 0.3 is 0 Å². The highest BCUT2D eigenvalue weighted by atomic mass is 15.0. The van der Waals surface area contributed by atoms with Crippen molar-refractivity contribution in [2.45, 2.75) is 85.1 Å². The van der Waals surface area contributed by atoms with Gasteiger partial charge in [0.1, 0.15) is 0 Å². The van der Waals surface area contributed by atoms with E-state index in [1.54, 1.807) is 0 Å². The van der Waals surface area contributed by atoms with Crippen LogP contribution < -0.4 is 21.7 Å². The average molecular weight is 433 g/mol. The van der Waals surface area contributed by atoms with Crippen LogP contribution in [-0.2, 0) is 0 Å². The van der Waals surface area contributed by atoms with Gasteiger partial charge in [-0.25, -0.2) is 0 Å². The fourth-order valence-corrected chi connectivity index (χ4v) is 8.70. The summed E-state index contributed by atoms with van der Waals surface area (Å²) in [6.45, 7) is 16.2. The smallest absolute Gasteiger partial charge is 0.00793 e. The quantitative estimate of drug-likeness (QED) is 0.332. The summed E-state index contributed by atoms with van der Waals surface area (Å²) >= 11 is 0. The number of nitrogens with two attached hydrogens (primary N) is 1. The van der Waals surface area contributed by atoms with Gasteiger partial charge in [-0.3, -0.25) is 0 Å². The fraction of sp³-hybridized carbons (Fsp3) is 1.00. The molecule has 0 saturated heterocycles. The van der Waals surface area contributed by atoms with Gasteiger partial charge in [-0.1, -0.05) is 27.7 Å². The summed E-state index contributed by atoms with van der Waals surface area (Å²) in [6.07, 6.45) is 11.8.